The summed E-state index contributed by atoms with van der Waals surface area (Å²) in [6, 6.07) is 7.17. The van der Waals surface area contributed by atoms with Crippen LogP contribution in [0.25, 0.3) is 16.9 Å². The number of aromatic nitrogens is 4. The minimum atomic E-state index is -0.317. The molecular formula is C13H12N6O. The number of amides is 2. The molecule has 2 N–H and O–H groups in total. The van der Waals surface area contributed by atoms with Crippen LogP contribution in [0.2, 0.25) is 0 Å². The zero-order valence-corrected chi connectivity index (χ0v) is 10.7. The molecule has 0 atom stereocenters. The standard InChI is InChI=1S/C13H12N6O/c1-14-13(20)17-11-8-19-12(16-11)3-2-10(18-19)9-4-6-15-7-5-9/h2-8H,1H3,(H2,14,17,20). The molecule has 3 aromatic heterocycles. The van der Waals surface area contributed by atoms with E-state index in [4.69, 9.17) is 0 Å². The Morgan fingerprint density at radius 3 is 2.75 bits per heavy atom. The second kappa shape index (κ2) is 4.96. The van der Waals surface area contributed by atoms with Gasteiger partial charge in [0, 0.05) is 25.0 Å². The van der Waals surface area contributed by atoms with Crippen molar-refractivity contribution in [1.29, 1.82) is 0 Å². The van der Waals surface area contributed by atoms with Gasteiger partial charge in [-0.3, -0.25) is 10.3 Å². The number of pyridine rings is 1. The largest absolute Gasteiger partial charge is 0.341 e. The van der Waals surface area contributed by atoms with Crippen molar-refractivity contribution >= 4 is 17.5 Å². The van der Waals surface area contributed by atoms with Gasteiger partial charge in [0.05, 0.1) is 11.9 Å². The zero-order valence-electron chi connectivity index (χ0n) is 10.7. The summed E-state index contributed by atoms with van der Waals surface area (Å²) >= 11 is 0. The van der Waals surface area contributed by atoms with Gasteiger partial charge >= 0.3 is 6.03 Å². The highest BCUT2D eigenvalue weighted by molar-refractivity contribution is 5.88. The van der Waals surface area contributed by atoms with Crippen molar-refractivity contribution in [3.63, 3.8) is 0 Å². The van der Waals surface area contributed by atoms with E-state index in [1.807, 2.05) is 24.3 Å². The van der Waals surface area contributed by atoms with Crippen molar-refractivity contribution in [3.05, 3.63) is 42.9 Å². The van der Waals surface area contributed by atoms with E-state index in [2.05, 4.69) is 25.7 Å². The Balaban J connectivity index is 1.97. The normalized spacial score (nSPS) is 10.4. The number of hydrogen-bond donors (Lipinski definition) is 2. The first-order chi connectivity index (χ1) is 9.76. The number of rotatable bonds is 2. The van der Waals surface area contributed by atoms with Crippen molar-refractivity contribution in [2.24, 2.45) is 0 Å². The summed E-state index contributed by atoms with van der Waals surface area (Å²) in [5.41, 5.74) is 2.44. The molecule has 2 amide bonds. The lowest BCUT2D eigenvalue weighted by Crippen LogP contribution is -2.24. The minimum absolute atomic E-state index is 0.317. The molecule has 7 nitrogen and oxygen atoms in total. The summed E-state index contributed by atoms with van der Waals surface area (Å²) in [5.74, 6) is 0.448. The van der Waals surface area contributed by atoms with Crippen molar-refractivity contribution in [3.8, 4) is 11.3 Å². The fourth-order valence-electron chi connectivity index (χ4n) is 1.80. The molecule has 0 radical (unpaired) electrons. The molecule has 0 aliphatic heterocycles. The minimum Gasteiger partial charge on any atom is -0.341 e. The number of anilines is 1. The van der Waals surface area contributed by atoms with Gasteiger partial charge < -0.3 is 5.32 Å². The van der Waals surface area contributed by atoms with E-state index in [-0.39, 0.29) is 6.03 Å². The van der Waals surface area contributed by atoms with E-state index in [1.165, 1.54) is 0 Å². The van der Waals surface area contributed by atoms with Gasteiger partial charge in [0.15, 0.2) is 11.5 Å². The monoisotopic (exact) mass is 268 g/mol. The molecule has 0 saturated carbocycles. The number of carbonyl (C=O) groups is 1. The molecule has 0 saturated heterocycles. The molecule has 0 aliphatic carbocycles. The Bertz CT molecular complexity index is 752. The topological polar surface area (TPSA) is 84.2 Å². The number of carbonyl (C=O) groups excluding carboxylic acids is 1. The third kappa shape index (κ3) is 2.28. The predicted molar refractivity (Wildman–Crippen MR) is 74.3 cm³/mol. The Morgan fingerprint density at radius 1 is 1.20 bits per heavy atom. The van der Waals surface area contributed by atoms with Gasteiger partial charge in [-0.15, -0.1) is 0 Å². The van der Waals surface area contributed by atoms with E-state index in [1.54, 1.807) is 30.2 Å². The zero-order chi connectivity index (χ0) is 13.9. The molecule has 0 aromatic carbocycles. The van der Waals surface area contributed by atoms with Crippen LogP contribution in [0.1, 0.15) is 0 Å². The number of imidazole rings is 1. The Morgan fingerprint density at radius 2 is 2.00 bits per heavy atom. The number of nitrogens with zero attached hydrogens (tertiary/aromatic N) is 4. The van der Waals surface area contributed by atoms with Gasteiger partial charge in [0.2, 0.25) is 0 Å². The molecule has 0 unspecified atom stereocenters. The molecule has 3 heterocycles. The van der Waals surface area contributed by atoms with Crippen LogP contribution in [0, 0.1) is 0 Å². The summed E-state index contributed by atoms with van der Waals surface area (Å²) in [6.07, 6.45) is 5.09. The maximum Gasteiger partial charge on any atom is 0.320 e. The number of hydrogen-bond acceptors (Lipinski definition) is 4. The third-order valence-corrected chi connectivity index (χ3v) is 2.76. The molecule has 3 rings (SSSR count). The predicted octanol–water partition coefficient (Wildman–Crippen LogP) is 1.54. The smallest absolute Gasteiger partial charge is 0.320 e. The highest BCUT2D eigenvalue weighted by Gasteiger charge is 2.06. The number of urea groups is 1. The molecule has 100 valence electrons. The second-order valence-corrected chi connectivity index (χ2v) is 4.09. The van der Waals surface area contributed by atoms with Crippen LogP contribution in [0.15, 0.2) is 42.9 Å². The summed E-state index contributed by atoms with van der Waals surface area (Å²) in [6.45, 7) is 0. The van der Waals surface area contributed by atoms with Crippen molar-refractivity contribution in [1.82, 2.24) is 24.9 Å². The average molecular weight is 268 g/mol. The summed E-state index contributed by atoms with van der Waals surface area (Å²) in [7, 11) is 1.55. The lowest BCUT2D eigenvalue weighted by atomic mass is 10.2. The first kappa shape index (κ1) is 12.1. The lowest BCUT2D eigenvalue weighted by molar-refractivity contribution is 0.254. The van der Waals surface area contributed by atoms with Crippen LogP contribution < -0.4 is 10.6 Å². The van der Waals surface area contributed by atoms with Crippen LogP contribution in [-0.4, -0.2) is 32.7 Å². The molecule has 0 fully saturated rings. The maximum absolute atomic E-state index is 11.2. The van der Waals surface area contributed by atoms with Crippen molar-refractivity contribution in [2.75, 3.05) is 12.4 Å². The molecule has 0 spiro atoms. The second-order valence-electron chi connectivity index (χ2n) is 4.09. The van der Waals surface area contributed by atoms with Gasteiger partial charge in [0.25, 0.3) is 0 Å². The van der Waals surface area contributed by atoms with Gasteiger partial charge in [0.1, 0.15) is 0 Å². The van der Waals surface area contributed by atoms with Crippen LogP contribution in [0.4, 0.5) is 10.6 Å². The van der Waals surface area contributed by atoms with Gasteiger partial charge in [-0.05, 0) is 24.3 Å². The first-order valence-corrected chi connectivity index (χ1v) is 6.02. The van der Waals surface area contributed by atoms with Crippen molar-refractivity contribution in [2.45, 2.75) is 0 Å². The van der Waals surface area contributed by atoms with E-state index in [0.29, 0.717) is 11.5 Å². The average Bonchev–Trinajstić information content (AvgIpc) is 2.89. The van der Waals surface area contributed by atoms with Gasteiger partial charge in [-0.1, -0.05) is 0 Å². The fourth-order valence-corrected chi connectivity index (χ4v) is 1.80. The summed E-state index contributed by atoms with van der Waals surface area (Å²) in [5, 5.41) is 9.53. The first-order valence-electron chi connectivity index (χ1n) is 6.02. The Labute approximate surface area is 114 Å². The summed E-state index contributed by atoms with van der Waals surface area (Å²) in [4.78, 5) is 19.5. The molecule has 3 aromatic rings. The molecule has 0 aliphatic rings. The molecule has 7 heteroatoms. The van der Waals surface area contributed by atoms with E-state index >= 15 is 0 Å². The highest BCUT2D eigenvalue weighted by Crippen LogP contribution is 2.17. The quantitative estimate of drug-likeness (QED) is 0.738. The van der Waals surface area contributed by atoms with Crippen LogP contribution in [0.5, 0.6) is 0 Å². The fraction of sp³-hybridized carbons (Fsp3) is 0.0769. The van der Waals surface area contributed by atoms with Crippen LogP contribution in [0.3, 0.4) is 0 Å². The van der Waals surface area contributed by atoms with E-state index < -0.39 is 0 Å². The highest BCUT2D eigenvalue weighted by atomic mass is 16.2. The lowest BCUT2D eigenvalue weighted by Gasteiger charge is -2.00. The number of fused-ring (bicyclic) bond motifs is 1. The van der Waals surface area contributed by atoms with E-state index in [9.17, 15) is 4.79 Å². The van der Waals surface area contributed by atoms with Crippen molar-refractivity contribution < 1.29 is 4.79 Å². The summed E-state index contributed by atoms with van der Waals surface area (Å²) < 4.78 is 1.63. The SMILES string of the molecule is CNC(=O)Nc1cn2nc(-c3ccncc3)ccc2n1. The maximum atomic E-state index is 11.2. The van der Waals surface area contributed by atoms with Gasteiger partial charge in [-0.25, -0.2) is 14.3 Å². The molecular weight excluding hydrogens is 256 g/mol. The molecule has 0 bridgehead atoms. The third-order valence-electron chi connectivity index (χ3n) is 2.76. The Kier molecular flexibility index (Phi) is 3.00. The van der Waals surface area contributed by atoms with Crippen LogP contribution in [-0.2, 0) is 0 Å². The van der Waals surface area contributed by atoms with Gasteiger partial charge in [-0.2, -0.15) is 5.10 Å². The Hall–Kier alpha value is -2.96. The molecule has 20 heavy (non-hydrogen) atoms. The van der Waals surface area contributed by atoms with Crippen LogP contribution >= 0.6 is 0 Å². The van der Waals surface area contributed by atoms with E-state index in [0.717, 1.165) is 11.3 Å². The number of nitrogens with one attached hydrogen (secondary N) is 2.